The molecule has 0 atom stereocenters. The van der Waals surface area contributed by atoms with Crippen molar-refractivity contribution in [2.75, 3.05) is 20.8 Å². The van der Waals surface area contributed by atoms with Crippen molar-refractivity contribution in [2.24, 2.45) is 0 Å². The van der Waals surface area contributed by atoms with Gasteiger partial charge in [0, 0.05) is 24.6 Å². The summed E-state index contributed by atoms with van der Waals surface area (Å²) < 4.78 is 15.8. The fraction of sp³-hybridized carbons (Fsp3) is 0.462. The number of unbranched alkanes of at least 4 members (excludes halogenated alkanes) is 1. The molecule has 0 bridgehead atoms. The summed E-state index contributed by atoms with van der Waals surface area (Å²) in [6, 6.07) is 5.29. The third-order valence-corrected chi connectivity index (χ3v) is 2.38. The van der Waals surface area contributed by atoms with Crippen LogP contribution in [0.2, 0.25) is 0 Å². The highest BCUT2D eigenvalue weighted by molar-refractivity contribution is 5.66. The van der Waals surface area contributed by atoms with Crippen molar-refractivity contribution >= 4 is 5.97 Å². The molecule has 0 saturated heterocycles. The highest BCUT2D eigenvalue weighted by Crippen LogP contribution is 2.27. The van der Waals surface area contributed by atoms with Gasteiger partial charge in [0.1, 0.15) is 17.2 Å². The second kappa shape index (κ2) is 7.42. The fourth-order valence-electron chi connectivity index (χ4n) is 1.43. The van der Waals surface area contributed by atoms with E-state index in [0.29, 0.717) is 36.7 Å². The number of methoxy groups -OCH3 is 2. The molecule has 0 amide bonds. The monoisotopic (exact) mass is 254 g/mol. The smallest absolute Gasteiger partial charge is 0.303 e. The van der Waals surface area contributed by atoms with Crippen molar-refractivity contribution < 1.29 is 24.1 Å². The van der Waals surface area contributed by atoms with E-state index in [2.05, 4.69) is 0 Å². The lowest BCUT2D eigenvalue weighted by molar-refractivity contribution is -0.137. The second-order valence-corrected chi connectivity index (χ2v) is 3.75. The number of carboxylic acid groups (broad SMARTS) is 1. The Labute approximate surface area is 106 Å². The van der Waals surface area contributed by atoms with Crippen LogP contribution in [-0.2, 0) is 4.79 Å². The van der Waals surface area contributed by atoms with E-state index in [4.69, 9.17) is 19.3 Å². The van der Waals surface area contributed by atoms with Gasteiger partial charge in [-0.2, -0.15) is 0 Å². The molecule has 0 aliphatic heterocycles. The molecule has 5 nitrogen and oxygen atoms in total. The second-order valence-electron chi connectivity index (χ2n) is 3.75. The number of hydrogen-bond acceptors (Lipinski definition) is 4. The number of carboxylic acids is 1. The van der Waals surface area contributed by atoms with Crippen LogP contribution >= 0.6 is 0 Å². The van der Waals surface area contributed by atoms with Crippen molar-refractivity contribution in [3.8, 4) is 17.2 Å². The molecule has 0 aromatic heterocycles. The summed E-state index contributed by atoms with van der Waals surface area (Å²) in [7, 11) is 3.15. The van der Waals surface area contributed by atoms with Crippen molar-refractivity contribution in [3.63, 3.8) is 0 Å². The van der Waals surface area contributed by atoms with Gasteiger partial charge in [-0.25, -0.2) is 0 Å². The number of aliphatic carboxylic acids is 1. The van der Waals surface area contributed by atoms with E-state index >= 15 is 0 Å². The van der Waals surface area contributed by atoms with Gasteiger partial charge in [-0.3, -0.25) is 4.79 Å². The zero-order valence-electron chi connectivity index (χ0n) is 10.6. The molecular weight excluding hydrogens is 236 g/mol. The van der Waals surface area contributed by atoms with E-state index in [9.17, 15) is 4.79 Å². The van der Waals surface area contributed by atoms with E-state index in [1.807, 2.05) is 0 Å². The summed E-state index contributed by atoms with van der Waals surface area (Å²) >= 11 is 0. The number of carbonyl (C=O) groups is 1. The molecule has 0 fully saturated rings. The topological polar surface area (TPSA) is 65.0 Å². The van der Waals surface area contributed by atoms with Gasteiger partial charge in [0.25, 0.3) is 0 Å². The van der Waals surface area contributed by atoms with Gasteiger partial charge in [-0.05, 0) is 12.8 Å². The average Bonchev–Trinajstić information content (AvgIpc) is 2.37. The molecule has 0 saturated carbocycles. The SMILES string of the molecule is COc1cc(OC)cc(OCCCCC(=O)O)c1. The molecular formula is C13H18O5. The van der Waals surface area contributed by atoms with Gasteiger partial charge in [0.15, 0.2) is 0 Å². The molecule has 0 heterocycles. The molecule has 0 unspecified atom stereocenters. The minimum Gasteiger partial charge on any atom is -0.496 e. The van der Waals surface area contributed by atoms with Crippen molar-refractivity contribution in [1.29, 1.82) is 0 Å². The predicted molar refractivity (Wildman–Crippen MR) is 66.5 cm³/mol. The predicted octanol–water partition coefficient (Wildman–Crippen LogP) is 2.34. The van der Waals surface area contributed by atoms with E-state index in [0.717, 1.165) is 0 Å². The summed E-state index contributed by atoms with van der Waals surface area (Å²) in [5.41, 5.74) is 0. The molecule has 5 heteroatoms. The van der Waals surface area contributed by atoms with Crippen LogP contribution in [0.1, 0.15) is 19.3 Å². The number of hydrogen-bond donors (Lipinski definition) is 1. The van der Waals surface area contributed by atoms with Crippen LogP contribution in [0.25, 0.3) is 0 Å². The van der Waals surface area contributed by atoms with Crippen LogP contribution in [-0.4, -0.2) is 31.9 Å². The van der Waals surface area contributed by atoms with Gasteiger partial charge < -0.3 is 19.3 Å². The highest BCUT2D eigenvalue weighted by Gasteiger charge is 2.03. The number of rotatable bonds is 8. The van der Waals surface area contributed by atoms with Gasteiger partial charge in [0.2, 0.25) is 0 Å². The summed E-state index contributed by atoms with van der Waals surface area (Å²) in [5, 5.41) is 8.49. The molecule has 1 rings (SSSR count). The maximum atomic E-state index is 10.3. The van der Waals surface area contributed by atoms with Crippen LogP contribution < -0.4 is 14.2 Å². The van der Waals surface area contributed by atoms with Gasteiger partial charge in [-0.1, -0.05) is 0 Å². The first-order chi connectivity index (χ1) is 8.65. The van der Waals surface area contributed by atoms with Crippen molar-refractivity contribution in [2.45, 2.75) is 19.3 Å². The standard InChI is InChI=1S/C13H18O5/c1-16-10-7-11(17-2)9-12(8-10)18-6-4-3-5-13(14)15/h7-9H,3-6H2,1-2H3,(H,14,15). The third-order valence-electron chi connectivity index (χ3n) is 2.38. The Balaban J connectivity index is 2.43. The maximum Gasteiger partial charge on any atom is 0.303 e. The largest absolute Gasteiger partial charge is 0.496 e. The van der Waals surface area contributed by atoms with Crippen LogP contribution in [0.15, 0.2) is 18.2 Å². The molecule has 1 aromatic rings. The first-order valence-electron chi connectivity index (χ1n) is 5.73. The number of benzene rings is 1. The minimum atomic E-state index is -0.780. The van der Waals surface area contributed by atoms with E-state index in [-0.39, 0.29) is 6.42 Å². The Morgan fingerprint density at radius 3 is 2.11 bits per heavy atom. The van der Waals surface area contributed by atoms with Crippen molar-refractivity contribution in [3.05, 3.63) is 18.2 Å². The summed E-state index contributed by atoms with van der Waals surface area (Å²) in [6.45, 7) is 0.476. The quantitative estimate of drug-likeness (QED) is 0.721. The van der Waals surface area contributed by atoms with E-state index in [1.165, 1.54) is 0 Å². The van der Waals surface area contributed by atoms with E-state index in [1.54, 1.807) is 32.4 Å². The van der Waals surface area contributed by atoms with E-state index < -0.39 is 5.97 Å². The third kappa shape index (κ3) is 4.95. The molecule has 0 spiro atoms. The van der Waals surface area contributed by atoms with Gasteiger partial charge in [0.05, 0.1) is 20.8 Å². The Kier molecular flexibility index (Phi) is 5.84. The Bertz CT molecular complexity index is 367. The Morgan fingerprint density at radius 2 is 1.61 bits per heavy atom. The molecule has 0 radical (unpaired) electrons. The Hall–Kier alpha value is -1.91. The van der Waals surface area contributed by atoms with Crippen LogP contribution in [0.3, 0.4) is 0 Å². The first-order valence-corrected chi connectivity index (χ1v) is 5.73. The first kappa shape index (κ1) is 14.2. The van der Waals surface area contributed by atoms with Gasteiger partial charge in [-0.15, -0.1) is 0 Å². The summed E-state index contributed by atoms with van der Waals surface area (Å²) in [6.07, 6.45) is 1.48. The Morgan fingerprint density at radius 1 is 1.06 bits per heavy atom. The van der Waals surface area contributed by atoms with Crippen LogP contribution in [0.4, 0.5) is 0 Å². The zero-order valence-corrected chi connectivity index (χ0v) is 10.6. The summed E-state index contributed by atoms with van der Waals surface area (Å²) in [4.78, 5) is 10.3. The molecule has 18 heavy (non-hydrogen) atoms. The highest BCUT2D eigenvalue weighted by atomic mass is 16.5. The summed E-state index contributed by atoms with van der Waals surface area (Å²) in [5.74, 6) is 1.20. The normalized spacial score (nSPS) is 9.89. The zero-order chi connectivity index (χ0) is 13.4. The molecule has 0 aliphatic rings. The molecule has 100 valence electrons. The lowest BCUT2D eigenvalue weighted by atomic mass is 10.2. The fourth-order valence-corrected chi connectivity index (χ4v) is 1.43. The van der Waals surface area contributed by atoms with Crippen LogP contribution in [0, 0.1) is 0 Å². The number of ether oxygens (including phenoxy) is 3. The van der Waals surface area contributed by atoms with Crippen molar-refractivity contribution in [1.82, 2.24) is 0 Å². The lowest BCUT2D eigenvalue weighted by Gasteiger charge is -2.09. The molecule has 1 N–H and O–H groups in total. The van der Waals surface area contributed by atoms with Crippen LogP contribution in [0.5, 0.6) is 17.2 Å². The molecule has 1 aromatic carbocycles. The van der Waals surface area contributed by atoms with Gasteiger partial charge >= 0.3 is 5.97 Å². The molecule has 0 aliphatic carbocycles. The maximum absolute atomic E-state index is 10.3. The lowest BCUT2D eigenvalue weighted by Crippen LogP contribution is -2.00. The minimum absolute atomic E-state index is 0.171. The average molecular weight is 254 g/mol.